The molecule has 0 radical (unpaired) electrons. The van der Waals surface area contributed by atoms with Gasteiger partial charge in [-0.25, -0.2) is 0 Å². The second-order valence-electron chi connectivity index (χ2n) is 3.91. The summed E-state index contributed by atoms with van der Waals surface area (Å²) in [5, 5.41) is 18.1. The number of benzene rings is 2. The van der Waals surface area contributed by atoms with Crippen molar-refractivity contribution < 1.29 is 10.2 Å². The van der Waals surface area contributed by atoms with Crippen LogP contribution in [0, 0.1) is 6.92 Å². The number of para-hydroxylation sites is 2. The number of phenols is 2. The Morgan fingerprint density at radius 3 is 2.17 bits per heavy atom. The summed E-state index contributed by atoms with van der Waals surface area (Å²) in [5.74, 6) is 0.718. The molecule has 18 heavy (non-hydrogen) atoms. The quantitative estimate of drug-likeness (QED) is 0.786. The molecule has 0 heterocycles. The number of hydrogen-bond donors (Lipinski definition) is 2. The van der Waals surface area contributed by atoms with Crippen molar-refractivity contribution in [3.8, 4) is 11.5 Å². The minimum Gasteiger partial charge on any atom is -0.508 e. The van der Waals surface area contributed by atoms with Gasteiger partial charge in [0.05, 0.1) is 0 Å². The van der Waals surface area contributed by atoms with Gasteiger partial charge >= 0.3 is 0 Å². The molecule has 0 saturated heterocycles. The molecule has 0 aromatic heterocycles. The lowest BCUT2D eigenvalue weighted by molar-refractivity contribution is 0.465. The summed E-state index contributed by atoms with van der Waals surface area (Å²) >= 11 is 0. The normalized spacial score (nSPS) is 9.17. The van der Waals surface area contributed by atoms with Crippen LogP contribution in [0.15, 0.2) is 61.2 Å². The van der Waals surface area contributed by atoms with Gasteiger partial charge < -0.3 is 10.2 Å². The van der Waals surface area contributed by atoms with Crippen molar-refractivity contribution in [3.63, 3.8) is 0 Å². The Kier molecular flexibility index (Phi) is 5.52. The molecule has 94 valence electrons. The minimum absolute atomic E-state index is 0.322. The largest absolute Gasteiger partial charge is 0.508 e. The Hall–Kier alpha value is -2.22. The van der Waals surface area contributed by atoms with Crippen LogP contribution in [0.1, 0.15) is 11.1 Å². The smallest absolute Gasteiger partial charge is 0.121 e. The van der Waals surface area contributed by atoms with Crippen molar-refractivity contribution in [2.45, 2.75) is 13.3 Å². The molecule has 0 saturated carbocycles. The summed E-state index contributed by atoms with van der Waals surface area (Å²) in [4.78, 5) is 0. The SMILES string of the molecule is C=CCc1cccc(C)c1O.Oc1ccccc1. The van der Waals surface area contributed by atoms with Crippen LogP contribution in [0.25, 0.3) is 0 Å². The van der Waals surface area contributed by atoms with Crippen molar-refractivity contribution >= 4 is 0 Å². The van der Waals surface area contributed by atoms with E-state index in [1.165, 1.54) is 0 Å². The van der Waals surface area contributed by atoms with Gasteiger partial charge in [0.2, 0.25) is 0 Å². The Morgan fingerprint density at radius 2 is 1.67 bits per heavy atom. The maximum atomic E-state index is 9.48. The lowest BCUT2D eigenvalue weighted by atomic mass is 10.1. The van der Waals surface area contributed by atoms with Gasteiger partial charge in [0.15, 0.2) is 0 Å². The zero-order chi connectivity index (χ0) is 13.4. The zero-order valence-electron chi connectivity index (χ0n) is 10.5. The van der Waals surface area contributed by atoms with E-state index >= 15 is 0 Å². The molecule has 0 aliphatic heterocycles. The highest BCUT2D eigenvalue weighted by Crippen LogP contribution is 2.21. The Morgan fingerprint density at radius 1 is 1.00 bits per heavy atom. The maximum absolute atomic E-state index is 9.48. The molecule has 2 heteroatoms. The number of phenolic OH excluding ortho intramolecular Hbond substituents is 2. The third-order valence-electron chi connectivity index (χ3n) is 2.44. The Balaban J connectivity index is 0.000000199. The van der Waals surface area contributed by atoms with E-state index in [2.05, 4.69) is 6.58 Å². The Bertz CT molecular complexity index is 490. The van der Waals surface area contributed by atoms with Crippen molar-refractivity contribution in [1.29, 1.82) is 0 Å². The predicted molar refractivity (Wildman–Crippen MR) is 74.9 cm³/mol. The van der Waals surface area contributed by atoms with Gasteiger partial charge in [0.1, 0.15) is 11.5 Å². The molecular formula is C16H18O2. The van der Waals surface area contributed by atoms with Crippen molar-refractivity contribution in [3.05, 3.63) is 72.3 Å². The molecule has 0 spiro atoms. The fourth-order valence-electron chi connectivity index (χ4n) is 1.47. The molecule has 0 unspecified atom stereocenters. The van der Waals surface area contributed by atoms with Gasteiger partial charge in [-0.1, -0.05) is 42.5 Å². The number of aryl methyl sites for hydroxylation is 1. The summed E-state index contributed by atoms with van der Waals surface area (Å²) in [6.45, 7) is 5.51. The minimum atomic E-state index is 0.322. The molecule has 2 nitrogen and oxygen atoms in total. The van der Waals surface area contributed by atoms with Crippen LogP contribution in [-0.2, 0) is 6.42 Å². The zero-order valence-corrected chi connectivity index (χ0v) is 10.5. The van der Waals surface area contributed by atoms with Crippen LogP contribution in [0.5, 0.6) is 11.5 Å². The third kappa shape index (κ3) is 4.34. The molecular weight excluding hydrogens is 224 g/mol. The van der Waals surface area contributed by atoms with Crippen LogP contribution in [-0.4, -0.2) is 10.2 Å². The molecule has 0 bridgehead atoms. The lowest BCUT2D eigenvalue weighted by Gasteiger charge is -2.03. The van der Waals surface area contributed by atoms with Crippen LogP contribution in [0.4, 0.5) is 0 Å². The molecule has 2 aromatic rings. The molecule has 0 aliphatic carbocycles. The number of allylic oxidation sites excluding steroid dienone is 1. The summed E-state index contributed by atoms with van der Waals surface area (Å²) in [6, 6.07) is 14.4. The van der Waals surface area contributed by atoms with E-state index in [1.807, 2.05) is 31.2 Å². The first-order valence-electron chi connectivity index (χ1n) is 5.77. The summed E-state index contributed by atoms with van der Waals surface area (Å²) < 4.78 is 0. The van der Waals surface area contributed by atoms with Crippen LogP contribution >= 0.6 is 0 Å². The highest BCUT2D eigenvalue weighted by Gasteiger charge is 1.99. The van der Waals surface area contributed by atoms with Crippen molar-refractivity contribution in [1.82, 2.24) is 0 Å². The van der Waals surface area contributed by atoms with Gasteiger partial charge in [0.25, 0.3) is 0 Å². The molecule has 0 aliphatic rings. The monoisotopic (exact) mass is 242 g/mol. The van der Waals surface area contributed by atoms with Gasteiger partial charge in [-0.2, -0.15) is 0 Å². The standard InChI is InChI=1S/C10H12O.C6H6O/c1-3-5-9-7-4-6-8(2)10(9)11;7-6-4-2-1-3-5-6/h3-4,6-7,11H,1,5H2,2H3;1-5,7H. The van der Waals surface area contributed by atoms with Crippen molar-refractivity contribution in [2.75, 3.05) is 0 Å². The van der Waals surface area contributed by atoms with E-state index in [4.69, 9.17) is 5.11 Å². The first-order chi connectivity index (χ1) is 8.65. The summed E-state index contributed by atoms with van der Waals surface area (Å²) in [7, 11) is 0. The van der Waals surface area contributed by atoms with Crippen LogP contribution < -0.4 is 0 Å². The summed E-state index contributed by atoms with van der Waals surface area (Å²) in [6.07, 6.45) is 2.52. The van der Waals surface area contributed by atoms with Gasteiger partial charge in [-0.05, 0) is 36.6 Å². The van der Waals surface area contributed by atoms with E-state index < -0.39 is 0 Å². The molecule has 0 atom stereocenters. The van der Waals surface area contributed by atoms with E-state index in [0.29, 0.717) is 11.5 Å². The van der Waals surface area contributed by atoms with Crippen LogP contribution in [0.2, 0.25) is 0 Å². The molecule has 2 rings (SSSR count). The fourth-order valence-corrected chi connectivity index (χ4v) is 1.47. The molecule has 0 fully saturated rings. The second-order valence-corrected chi connectivity index (χ2v) is 3.91. The van der Waals surface area contributed by atoms with Crippen LogP contribution in [0.3, 0.4) is 0 Å². The van der Waals surface area contributed by atoms with Crippen molar-refractivity contribution in [2.24, 2.45) is 0 Å². The number of hydrogen-bond acceptors (Lipinski definition) is 2. The molecule has 0 amide bonds. The average Bonchev–Trinajstić information content (AvgIpc) is 2.37. The van der Waals surface area contributed by atoms with E-state index in [1.54, 1.807) is 30.3 Å². The molecule has 2 aromatic carbocycles. The van der Waals surface area contributed by atoms with E-state index in [0.717, 1.165) is 17.5 Å². The fraction of sp³-hybridized carbons (Fsp3) is 0.125. The highest BCUT2D eigenvalue weighted by atomic mass is 16.3. The van der Waals surface area contributed by atoms with Gasteiger partial charge in [-0.15, -0.1) is 6.58 Å². The average molecular weight is 242 g/mol. The number of rotatable bonds is 2. The predicted octanol–water partition coefficient (Wildman–Crippen LogP) is 3.82. The second kappa shape index (κ2) is 7.17. The van der Waals surface area contributed by atoms with E-state index in [-0.39, 0.29) is 0 Å². The first kappa shape index (κ1) is 13.8. The van der Waals surface area contributed by atoms with E-state index in [9.17, 15) is 5.11 Å². The van der Waals surface area contributed by atoms with Gasteiger partial charge in [0, 0.05) is 0 Å². The highest BCUT2D eigenvalue weighted by molar-refractivity contribution is 5.40. The maximum Gasteiger partial charge on any atom is 0.121 e. The summed E-state index contributed by atoms with van der Waals surface area (Å²) in [5.41, 5.74) is 1.87. The number of aromatic hydroxyl groups is 2. The molecule has 2 N–H and O–H groups in total. The Labute approximate surface area is 108 Å². The van der Waals surface area contributed by atoms with Gasteiger partial charge in [-0.3, -0.25) is 0 Å². The third-order valence-corrected chi connectivity index (χ3v) is 2.44. The lowest BCUT2D eigenvalue weighted by Crippen LogP contribution is -1.83. The first-order valence-corrected chi connectivity index (χ1v) is 5.77. The topological polar surface area (TPSA) is 40.5 Å².